The van der Waals surface area contributed by atoms with Crippen molar-refractivity contribution in [1.29, 1.82) is 0 Å². The van der Waals surface area contributed by atoms with E-state index in [1.165, 1.54) is 12.8 Å². The van der Waals surface area contributed by atoms with Crippen LogP contribution in [0.25, 0.3) is 0 Å². The van der Waals surface area contributed by atoms with Gasteiger partial charge in [0.2, 0.25) is 5.95 Å². The number of aryl methyl sites for hydroxylation is 1. The molecule has 132 valence electrons. The number of aromatic nitrogens is 2. The predicted octanol–water partition coefficient (Wildman–Crippen LogP) is 3.55. The van der Waals surface area contributed by atoms with Crippen LogP contribution in [-0.2, 0) is 0 Å². The number of likely N-dealkylation sites (tertiary alicyclic amines) is 1. The number of nitrogens with zero attached hydrogens (tertiary/aromatic N) is 3. The summed E-state index contributed by atoms with van der Waals surface area (Å²) in [5.74, 6) is 1.18. The summed E-state index contributed by atoms with van der Waals surface area (Å²) < 4.78 is 5.35. The third-order valence-corrected chi connectivity index (χ3v) is 4.39. The number of amides is 1. The topological polar surface area (TPSA) is 67.3 Å². The van der Waals surface area contributed by atoms with Crippen molar-refractivity contribution in [3.05, 3.63) is 41.7 Å². The highest BCUT2D eigenvalue weighted by Gasteiger charge is 2.18. The molecule has 2 aromatic rings. The minimum Gasteiger partial charge on any atom is -0.495 e. The number of ether oxygens (including phenoxy) is 1. The quantitative estimate of drug-likeness (QED) is 0.922. The van der Waals surface area contributed by atoms with Gasteiger partial charge >= 0.3 is 0 Å². The molecule has 25 heavy (non-hydrogen) atoms. The fraction of sp³-hybridized carbons (Fsp3) is 0.421. The lowest BCUT2D eigenvalue weighted by Crippen LogP contribution is -2.32. The summed E-state index contributed by atoms with van der Waals surface area (Å²) in [6.07, 6.45) is 7.71. The summed E-state index contributed by atoms with van der Waals surface area (Å²) in [5.41, 5.74) is 2.44. The highest BCUT2D eigenvalue weighted by molar-refractivity contribution is 5.93. The molecule has 0 radical (unpaired) electrons. The first-order valence-corrected chi connectivity index (χ1v) is 8.70. The van der Waals surface area contributed by atoms with Gasteiger partial charge in [0.05, 0.1) is 18.4 Å². The third-order valence-electron chi connectivity index (χ3n) is 4.39. The molecule has 0 aliphatic carbocycles. The van der Waals surface area contributed by atoms with Crippen LogP contribution in [-0.4, -0.2) is 41.0 Å². The Balaban J connectivity index is 1.72. The molecule has 1 fully saturated rings. The second-order valence-electron chi connectivity index (χ2n) is 6.33. The second-order valence-corrected chi connectivity index (χ2v) is 6.33. The smallest absolute Gasteiger partial charge is 0.256 e. The molecule has 1 aliphatic heterocycles. The van der Waals surface area contributed by atoms with Gasteiger partial charge in [-0.05, 0) is 37.5 Å². The Morgan fingerprint density at radius 3 is 2.44 bits per heavy atom. The SMILES string of the molecule is COc1ccc(C)cc1Nc1ncc(C(=O)N2CCCCCC2)cn1. The first-order valence-electron chi connectivity index (χ1n) is 8.70. The maximum Gasteiger partial charge on any atom is 0.256 e. The van der Waals surface area contributed by atoms with Crippen LogP contribution in [0.15, 0.2) is 30.6 Å². The van der Waals surface area contributed by atoms with Gasteiger partial charge in [0.15, 0.2) is 0 Å². The summed E-state index contributed by atoms with van der Waals surface area (Å²) in [5, 5.41) is 3.15. The Kier molecular flexibility index (Phi) is 5.48. The largest absolute Gasteiger partial charge is 0.495 e. The molecule has 0 atom stereocenters. The monoisotopic (exact) mass is 340 g/mol. The van der Waals surface area contributed by atoms with E-state index in [-0.39, 0.29) is 5.91 Å². The van der Waals surface area contributed by atoms with E-state index < -0.39 is 0 Å². The zero-order chi connectivity index (χ0) is 17.6. The zero-order valence-electron chi connectivity index (χ0n) is 14.8. The molecule has 0 bridgehead atoms. The van der Waals surface area contributed by atoms with Crippen molar-refractivity contribution in [2.75, 3.05) is 25.5 Å². The Hall–Kier alpha value is -2.63. The number of methoxy groups -OCH3 is 1. The highest BCUT2D eigenvalue weighted by Crippen LogP contribution is 2.27. The molecule has 6 nitrogen and oxygen atoms in total. The standard InChI is InChI=1S/C19H24N4O2/c1-14-7-8-17(25-2)16(11-14)22-19-20-12-15(13-21-19)18(24)23-9-5-3-4-6-10-23/h7-8,11-13H,3-6,9-10H2,1-2H3,(H,20,21,22). The average Bonchev–Trinajstić information content (AvgIpc) is 2.91. The molecule has 0 spiro atoms. The van der Waals surface area contributed by atoms with Gasteiger partial charge in [0, 0.05) is 25.5 Å². The minimum absolute atomic E-state index is 0.0154. The van der Waals surface area contributed by atoms with Gasteiger partial charge < -0.3 is 15.0 Å². The normalized spacial score (nSPS) is 14.7. The molecule has 2 heterocycles. The van der Waals surface area contributed by atoms with E-state index in [9.17, 15) is 4.79 Å². The summed E-state index contributed by atoms with van der Waals surface area (Å²) >= 11 is 0. The Bertz CT molecular complexity index is 723. The number of carbonyl (C=O) groups is 1. The minimum atomic E-state index is 0.0154. The van der Waals surface area contributed by atoms with Crippen LogP contribution in [0.2, 0.25) is 0 Å². The van der Waals surface area contributed by atoms with Crippen LogP contribution < -0.4 is 10.1 Å². The predicted molar refractivity (Wildman–Crippen MR) is 97.4 cm³/mol. The van der Waals surface area contributed by atoms with Crippen LogP contribution in [0, 0.1) is 6.92 Å². The van der Waals surface area contributed by atoms with E-state index >= 15 is 0 Å². The van der Waals surface area contributed by atoms with Crippen molar-refractivity contribution in [2.45, 2.75) is 32.6 Å². The number of hydrogen-bond donors (Lipinski definition) is 1. The molecular weight excluding hydrogens is 316 g/mol. The van der Waals surface area contributed by atoms with E-state index in [1.807, 2.05) is 30.0 Å². The van der Waals surface area contributed by atoms with Crippen LogP contribution in [0.5, 0.6) is 5.75 Å². The molecule has 1 amide bonds. The fourth-order valence-electron chi connectivity index (χ4n) is 3.00. The van der Waals surface area contributed by atoms with Crippen LogP contribution >= 0.6 is 0 Å². The van der Waals surface area contributed by atoms with Crippen molar-refractivity contribution in [1.82, 2.24) is 14.9 Å². The van der Waals surface area contributed by atoms with Crippen molar-refractivity contribution >= 4 is 17.5 Å². The van der Waals surface area contributed by atoms with E-state index in [1.54, 1.807) is 19.5 Å². The van der Waals surface area contributed by atoms with Gasteiger partial charge in [-0.3, -0.25) is 4.79 Å². The van der Waals surface area contributed by atoms with Crippen molar-refractivity contribution in [3.63, 3.8) is 0 Å². The molecule has 1 aliphatic rings. The van der Waals surface area contributed by atoms with E-state index in [0.717, 1.165) is 42.9 Å². The number of nitrogens with one attached hydrogen (secondary N) is 1. The van der Waals surface area contributed by atoms with Crippen LogP contribution in [0.4, 0.5) is 11.6 Å². The molecular formula is C19H24N4O2. The molecule has 0 unspecified atom stereocenters. The molecule has 1 N–H and O–H groups in total. The third kappa shape index (κ3) is 4.26. The average molecular weight is 340 g/mol. The lowest BCUT2D eigenvalue weighted by atomic mass is 10.2. The Labute approximate surface area is 148 Å². The number of carbonyl (C=O) groups excluding carboxylic acids is 1. The first-order chi connectivity index (χ1) is 12.2. The maximum absolute atomic E-state index is 12.6. The summed E-state index contributed by atoms with van der Waals surface area (Å²) in [4.78, 5) is 23.1. The lowest BCUT2D eigenvalue weighted by molar-refractivity contribution is 0.0761. The lowest BCUT2D eigenvalue weighted by Gasteiger charge is -2.20. The van der Waals surface area contributed by atoms with E-state index in [2.05, 4.69) is 15.3 Å². The number of benzene rings is 1. The second kappa shape index (κ2) is 7.96. The van der Waals surface area contributed by atoms with E-state index in [4.69, 9.17) is 4.74 Å². The summed E-state index contributed by atoms with van der Waals surface area (Å²) in [6, 6.07) is 5.85. The van der Waals surface area contributed by atoms with Gasteiger partial charge in [-0.25, -0.2) is 9.97 Å². The molecule has 6 heteroatoms. The van der Waals surface area contributed by atoms with Crippen LogP contribution in [0.3, 0.4) is 0 Å². The molecule has 0 saturated carbocycles. The fourth-order valence-corrected chi connectivity index (χ4v) is 3.00. The first kappa shape index (κ1) is 17.2. The molecule has 1 aromatic heterocycles. The van der Waals surface area contributed by atoms with E-state index in [0.29, 0.717) is 11.5 Å². The maximum atomic E-state index is 12.6. The summed E-state index contributed by atoms with van der Waals surface area (Å²) in [7, 11) is 1.62. The van der Waals surface area contributed by atoms with Crippen molar-refractivity contribution in [3.8, 4) is 5.75 Å². The Morgan fingerprint density at radius 1 is 1.12 bits per heavy atom. The number of hydrogen-bond acceptors (Lipinski definition) is 5. The van der Waals surface area contributed by atoms with Crippen LogP contribution in [0.1, 0.15) is 41.6 Å². The molecule has 1 saturated heterocycles. The molecule has 3 rings (SSSR count). The zero-order valence-corrected chi connectivity index (χ0v) is 14.8. The Morgan fingerprint density at radius 2 is 1.80 bits per heavy atom. The van der Waals surface area contributed by atoms with Crippen molar-refractivity contribution in [2.24, 2.45) is 0 Å². The van der Waals surface area contributed by atoms with Crippen molar-refractivity contribution < 1.29 is 9.53 Å². The van der Waals surface area contributed by atoms with Gasteiger partial charge in [0.1, 0.15) is 5.75 Å². The van der Waals surface area contributed by atoms with Gasteiger partial charge in [0.25, 0.3) is 5.91 Å². The number of rotatable bonds is 4. The van der Waals surface area contributed by atoms with Gasteiger partial charge in [-0.2, -0.15) is 0 Å². The van der Waals surface area contributed by atoms with Gasteiger partial charge in [-0.15, -0.1) is 0 Å². The summed E-state index contributed by atoms with van der Waals surface area (Å²) in [6.45, 7) is 3.65. The highest BCUT2D eigenvalue weighted by atomic mass is 16.5. The van der Waals surface area contributed by atoms with Gasteiger partial charge in [-0.1, -0.05) is 18.9 Å². The number of anilines is 2. The molecule has 1 aromatic carbocycles.